The van der Waals surface area contributed by atoms with E-state index >= 15 is 0 Å². The monoisotopic (exact) mass is 624 g/mol. The molecule has 0 unspecified atom stereocenters. The largest absolute Gasteiger partial charge is 0.497 e. The standard InChI is InChI=1S/C21H20O10S3.CH4O3S/c1-3-14-4-9-17(12-20(14)32-31-30-22)33(23,24)18-10-11-19(21(13-18)34(25,26)27)29-16-7-5-15(28-2)6-8-16;1-5(2,3)4/h4-13,22H,3H2,1-2H3,(H,25,26,27);1H3,(H,2,3,4). The van der Waals surface area contributed by atoms with Gasteiger partial charge < -0.3 is 9.47 Å². The van der Waals surface area contributed by atoms with Crippen molar-refractivity contribution >= 4 is 42.1 Å². The van der Waals surface area contributed by atoms with E-state index in [2.05, 4.69) is 9.37 Å². The van der Waals surface area contributed by atoms with Crippen molar-refractivity contribution in [3.63, 3.8) is 0 Å². The van der Waals surface area contributed by atoms with E-state index in [1.165, 1.54) is 31.4 Å². The molecule has 214 valence electrons. The minimum atomic E-state index is -4.84. The Morgan fingerprint density at radius 2 is 1.36 bits per heavy atom. The molecule has 0 atom stereocenters. The zero-order valence-electron chi connectivity index (χ0n) is 20.5. The van der Waals surface area contributed by atoms with Gasteiger partial charge in [0.2, 0.25) is 9.84 Å². The fraction of sp³-hybridized carbons (Fsp3) is 0.182. The van der Waals surface area contributed by atoms with E-state index in [0.717, 1.165) is 23.8 Å². The predicted octanol–water partition coefficient (Wildman–Crippen LogP) is 4.06. The molecule has 0 aromatic heterocycles. The summed E-state index contributed by atoms with van der Waals surface area (Å²) in [6.07, 6.45) is 1.26. The first-order valence-electron chi connectivity index (χ1n) is 10.5. The van der Waals surface area contributed by atoms with Crippen molar-refractivity contribution in [2.75, 3.05) is 13.4 Å². The van der Waals surface area contributed by atoms with E-state index in [-0.39, 0.29) is 21.3 Å². The number of benzene rings is 3. The quantitative estimate of drug-likeness (QED) is 0.126. The van der Waals surface area contributed by atoms with Gasteiger partial charge in [-0.1, -0.05) is 18.0 Å². The fourth-order valence-electron chi connectivity index (χ4n) is 2.97. The van der Waals surface area contributed by atoms with Crippen LogP contribution in [0.5, 0.6) is 17.2 Å². The molecule has 0 aliphatic carbocycles. The van der Waals surface area contributed by atoms with Crippen LogP contribution in [0.3, 0.4) is 0 Å². The minimum Gasteiger partial charge on any atom is -0.497 e. The first-order chi connectivity index (χ1) is 18.1. The molecular weight excluding hydrogens is 600 g/mol. The molecule has 17 heteroatoms. The molecule has 0 aliphatic rings. The number of hydrogen-bond donors (Lipinski definition) is 3. The normalized spacial score (nSPS) is 11.8. The third kappa shape index (κ3) is 9.75. The topological polar surface area (TPSA) is 200 Å². The number of sulfone groups is 1. The van der Waals surface area contributed by atoms with Crippen LogP contribution in [0, 0.1) is 0 Å². The summed E-state index contributed by atoms with van der Waals surface area (Å²) >= 11 is 0.609. The van der Waals surface area contributed by atoms with Crippen molar-refractivity contribution in [3.05, 3.63) is 66.2 Å². The number of hydrogen-bond acceptors (Lipinski definition) is 12. The summed E-state index contributed by atoms with van der Waals surface area (Å²) in [5, 5.41) is 12.0. The lowest BCUT2D eigenvalue weighted by molar-refractivity contribution is -0.432. The molecule has 3 aromatic carbocycles. The van der Waals surface area contributed by atoms with Gasteiger partial charge in [-0.15, -0.1) is 4.33 Å². The van der Waals surface area contributed by atoms with E-state index in [1.807, 2.05) is 6.92 Å². The Balaban J connectivity index is 0.000000976. The van der Waals surface area contributed by atoms with Crippen molar-refractivity contribution in [1.82, 2.24) is 0 Å². The second kappa shape index (κ2) is 13.6. The first-order valence-corrected chi connectivity index (χ1v) is 16.0. The Bertz CT molecular complexity index is 1590. The van der Waals surface area contributed by atoms with Crippen LogP contribution in [-0.4, -0.2) is 53.0 Å². The molecule has 0 heterocycles. The molecule has 0 amide bonds. The van der Waals surface area contributed by atoms with Gasteiger partial charge in [0, 0.05) is 4.90 Å². The number of rotatable bonds is 10. The minimum absolute atomic E-state index is 0.168. The van der Waals surface area contributed by atoms with Crippen molar-refractivity contribution in [1.29, 1.82) is 0 Å². The highest BCUT2D eigenvalue weighted by atomic mass is 32.2. The second-order valence-corrected chi connectivity index (χ2v) is 13.0. The van der Waals surface area contributed by atoms with Crippen molar-refractivity contribution in [2.45, 2.75) is 32.9 Å². The van der Waals surface area contributed by atoms with Gasteiger partial charge in [-0.2, -0.15) is 16.8 Å². The molecule has 0 spiro atoms. The molecule has 0 aliphatic heterocycles. The summed E-state index contributed by atoms with van der Waals surface area (Å²) in [4.78, 5) is -0.908. The average molecular weight is 625 g/mol. The maximum Gasteiger partial charge on any atom is 0.298 e. The molecule has 3 rings (SSSR count). The van der Waals surface area contributed by atoms with Crippen molar-refractivity contribution < 1.29 is 58.5 Å². The van der Waals surface area contributed by atoms with Gasteiger partial charge in [-0.25, -0.2) is 13.7 Å². The molecule has 3 N–H and O–H groups in total. The van der Waals surface area contributed by atoms with Gasteiger partial charge in [-0.05, 0) is 66.6 Å². The average Bonchev–Trinajstić information content (AvgIpc) is 2.86. The fourth-order valence-corrected chi connectivity index (χ4v) is 5.67. The van der Waals surface area contributed by atoms with Crippen LogP contribution in [0.25, 0.3) is 0 Å². The molecule has 13 nitrogen and oxygen atoms in total. The summed E-state index contributed by atoms with van der Waals surface area (Å²) in [6.45, 7) is 1.84. The molecule has 0 bridgehead atoms. The molecule has 0 radical (unpaired) electrons. The summed E-state index contributed by atoms with van der Waals surface area (Å²) in [6, 6.07) is 13.5. The Labute approximate surface area is 229 Å². The zero-order valence-corrected chi connectivity index (χ0v) is 23.8. The van der Waals surface area contributed by atoms with Crippen LogP contribution < -0.4 is 9.47 Å². The summed E-state index contributed by atoms with van der Waals surface area (Å²) in [5.74, 6) is 0.522. The molecule has 3 aromatic rings. The van der Waals surface area contributed by atoms with Crippen LogP contribution >= 0.6 is 12.0 Å². The van der Waals surface area contributed by atoms with Gasteiger partial charge in [0.25, 0.3) is 20.2 Å². The highest BCUT2D eigenvalue weighted by molar-refractivity contribution is 7.94. The highest BCUT2D eigenvalue weighted by Gasteiger charge is 2.25. The van der Waals surface area contributed by atoms with Gasteiger partial charge in [0.1, 0.15) is 22.1 Å². The van der Waals surface area contributed by atoms with Gasteiger partial charge in [-0.3, -0.25) is 9.11 Å². The third-order valence-electron chi connectivity index (χ3n) is 4.67. The third-order valence-corrected chi connectivity index (χ3v) is 7.99. The summed E-state index contributed by atoms with van der Waals surface area (Å²) in [5.41, 5.74) is 0.725. The van der Waals surface area contributed by atoms with E-state index in [9.17, 15) is 29.8 Å². The van der Waals surface area contributed by atoms with Crippen LogP contribution in [-0.2, 0) is 45.9 Å². The van der Waals surface area contributed by atoms with Crippen LogP contribution in [0.1, 0.15) is 12.5 Å². The van der Waals surface area contributed by atoms with Crippen LogP contribution in [0.2, 0.25) is 0 Å². The maximum atomic E-state index is 13.2. The summed E-state index contributed by atoms with van der Waals surface area (Å²) in [7, 11) is -11.2. The Kier molecular flexibility index (Phi) is 11.3. The Morgan fingerprint density at radius 1 is 0.821 bits per heavy atom. The predicted molar refractivity (Wildman–Crippen MR) is 139 cm³/mol. The number of aryl methyl sites for hydroxylation is 1. The maximum absolute atomic E-state index is 13.2. The molecular formula is C22H24O13S4. The molecule has 0 fully saturated rings. The van der Waals surface area contributed by atoms with Gasteiger partial charge in [0.15, 0.2) is 0 Å². The zero-order chi connectivity index (χ0) is 29.4. The van der Waals surface area contributed by atoms with Crippen LogP contribution in [0.15, 0.2) is 80.2 Å². The Morgan fingerprint density at radius 3 is 1.87 bits per heavy atom. The van der Waals surface area contributed by atoms with E-state index < -0.39 is 35.0 Å². The summed E-state index contributed by atoms with van der Waals surface area (Å²) < 4.78 is 101. The van der Waals surface area contributed by atoms with Crippen LogP contribution in [0.4, 0.5) is 0 Å². The lowest BCUT2D eigenvalue weighted by atomic mass is 10.2. The molecule has 39 heavy (non-hydrogen) atoms. The van der Waals surface area contributed by atoms with E-state index in [0.29, 0.717) is 35.4 Å². The van der Waals surface area contributed by atoms with Crippen molar-refractivity contribution in [3.8, 4) is 17.2 Å². The van der Waals surface area contributed by atoms with Gasteiger partial charge >= 0.3 is 0 Å². The lowest BCUT2D eigenvalue weighted by Crippen LogP contribution is -2.07. The first kappa shape index (κ1) is 32.5. The van der Waals surface area contributed by atoms with E-state index in [4.69, 9.17) is 19.3 Å². The smallest absolute Gasteiger partial charge is 0.298 e. The van der Waals surface area contributed by atoms with Gasteiger partial charge in [0.05, 0.1) is 35.2 Å². The SMILES string of the molecule is CCc1ccc(S(=O)(=O)c2ccc(Oc3ccc(OC)cc3)c(S(=O)(=O)O)c2)cc1SOOO.CS(=O)(=O)O. The van der Waals surface area contributed by atoms with E-state index in [1.54, 1.807) is 18.2 Å². The molecule has 0 saturated heterocycles. The highest BCUT2D eigenvalue weighted by Crippen LogP contribution is 2.35. The number of ether oxygens (including phenoxy) is 2. The lowest BCUT2D eigenvalue weighted by Gasteiger charge is -2.13. The van der Waals surface area contributed by atoms with Crippen molar-refractivity contribution in [2.24, 2.45) is 0 Å². The second-order valence-electron chi connectivity index (χ2n) is 7.45. The number of methoxy groups -OCH3 is 1. The molecule has 0 saturated carbocycles. The Hall–Kier alpha value is -2.74.